The van der Waals surface area contributed by atoms with E-state index in [9.17, 15) is 45.1 Å². The van der Waals surface area contributed by atoms with Gasteiger partial charge in [0, 0.05) is 29.6 Å². The largest absolute Gasteiger partial charge is 0.573 e. The molecule has 252 valence electrons. The van der Waals surface area contributed by atoms with Crippen LogP contribution < -0.4 is 20.7 Å². The molecule has 0 spiro atoms. The van der Waals surface area contributed by atoms with Crippen molar-refractivity contribution in [2.45, 2.75) is 84.3 Å². The Morgan fingerprint density at radius 1 is 1.07 bits per heavy atom. The zero-order valence-electron chi connectivity index (χ0n) is 25.3. The highest BCUT2D eigenvalue weighted by molar-refractivity contribution is 5.93. The number of carbonyl (C=O) groups is 3. The molecule has 1 aromatic heterocycles. The second kappa shape index (κ2) is 16.5. The number of alkyl halides is 6. The van der Waals surface area contributed by atoms with Crippen LogP contribution in [0.1, 0.15) is 76.1 Å². The van der Waals surface area contributed by atoms with Crippen LogP contribution in [0.3, 0.4) is 0 Å². The van der Waals surface area contributed by atoms with Crippen molar-refractivity contribution < 1.29 is 49.9 Å². The molecule has 3 amide bonds. The SMILES string of the molecule is C1CC1CC1CC1.CC(C(=O)NCC(F)(F)F)c1cc(F)c(NC(=O)CNC=O)cc1OC(F)(F)F.Cc1ccnn1C(C)C. The van der Waals surface area contributed by atoms with E-state index in [1.165, 1.54) is 22.8 Å². The van der Waals surface area contributed by atoms with Gasteiger partial charge in [-0.3, -0.25) is 19.1 Å². The Morgan fingerprint density at radius 3 is 2.09 bits per heavy atom. The first-order valence-corrected chi connectivity index (χ1v) is 14.3. The number of aryl methyl sites for hydroxylation is 1. The number of hydrogen-bond acceptors (Lipinski definition) is 5. The first-order chi connectivity index (χ1) is 20.9. The van der Waals surface area contributed by atoms with Crippen LogP contribution in [0.15, 0.2) is 24.4 Å². The molecule has 2 aromatic rings. The summed E-state index contributed by atoms with van der Waals surface area (Å²) in [5.74, 6) is -4.00. The summed E-state index contributed by atoms with van der Waals surface area (Å²) >= 11 is 0. The number of hydrogen-bond donors (Lipinski definition) is 3. The molecule has 2 saturated carbocycles. The Morgan fingerprint density at radius 2 is 1.67 bits per heavy atom. The molecule has 0 saturated heterocycles. The summed E-state index contributed by atoms with van der Waals surface area (Å²) < 4.78 is 94.4. The van der Waals surface area contributed by atoms with E-state index in [1.54, 1.807) is 32.1 Å². The van der Waals surface area contributed by atoms with Crippen molar-refractivity contribution in [2.75, 3.05) is 18.4 Å². The molecule has 4 rings (SSSR count). The van der Waals surface area contributed by atoms with Crippen LogP contribution in [-0.2, 0) is 14.4 Å². The Balaban J connectivity index is 0.000000349. The maximum absolute atomic E-state index is 14.2. The van der Waals surface area contributed by atoms with E-state index in [0.29, 0.717) is 18.2 Å². The summed E-state index contributed by atoms with van der Waals surface area (Å²) in [5, 5.41) is 9.42. The number of rotatable bonds is 11. The van der Waals surface area contributed by atoms with E-state index in [-0.39, 0.29) is 6.41 Å². The molecule has 1 unspecified atom stereocenters. The molecule has 1 heterocycles. The lowest BCUT2D eigenvalue weighted by atomic mass is 9.98. The highest BCUT2D eigenvalue weighted by atomic mass is 19.4. The number of ether oxygens (including phenoxy) is 1. The first kappa shape index (κ1) is 37.3. The van der Waals surface area contributed by atoms with Crippen LogP contribution in [0.5, 0.6) is 5.75 Å². The van der Waals surface area contributed by atoms with Gasteiger partial charge in [-0.25, -0.2) is 4.39 Å². The Labute approximate surface area is 256 Å². The zero-order valence-corrected chi connectivity index (χ0v) is 25.3. The minimum atomic E-state index is -5.28. The average Bonchev–Trinajstić information content (AvgIpc) is 3.88. The predicted molar refractivity (Wildman–Crippen MR) is 151 cm³/mol. The molecule has 2 aliphatic rings. The van der Waals surface area contributed by atoms with Gasteiger partial charge in [0.2, 0.25) is 18.2 Å². The van der Waals surface area contributed by atoms with Crippen molar-refractivity contribution in [3.05, 3.63) is 41.5 Å². The number of benzene rings is 1. The van der Waals surface area contributed by atoms with Gasteiger partial charge in [-0.2, -0.15) is 18.3 Å². The third-order valence-electron chi connectivity index (χ3n) is 6.69. The fourth-order valence-electron chi connectivity index (χ4n) is 4.13. The number of anilines is 1. The first-order valence-electron chi connectivity index (χ1n) is 14.3. The maximum atomic E-state index is 14.2. The van der Waals surface area contributed by atoms with E-state index >= 15 is 0 Å². The molecule has 0 aliphatic heterocycles. The maximum Gasteiger partial charge on any atom is 0.573 e. The molecule has 3 N–H and O–H groups in total. The second-order valence-corrected chi connectivity index (χ2v) is 11.2. The number of nitrogens with zero attached hydrogens (tertiary/aromatic N) is 2. The van der Waals surface area contributed by atoms with Crippen molar-refractivity contribution in [3.8, 4) is 5.75 Å². The van der Waals surface area contributed by atoms with Gasteiger partial charge in [0.15, 0.2) is 0 Å². The molecular weight excluding hydrogens is 615 g/mol. The summed E-state index contributed by atoms with van der Waals surface area (Å²) in [4.78, 5) is 33.4. The minimum Gasteiger partial charge on any atom is -0.405 e. The molecule has 2 aliphatic carbocycles. The van der Waals surface area contributed by atoms with Crippen LogP contribution in [-0.4, -0.2) is 53.6 Å². The van der Waals surface area contributed by atoms with E-state index in [1.807, 2.05) is 27.6 Å². The average molecular weight is 654 g/mol. The lowest BCUT2D eigenvalue weighted by molar-refractivity contribution is -0.275. The highest BCUT2D eigenvalue weighted by Crippen LogP contribution is 2.44. The number of amides is 3. The van der Waals surface area contributed by atoms with Crippen LogP contribution in [0.2, 0.25) is 0 Å². The van der Waals surface area contributed by atoms with Crippen molar-refractivity contribution in [1.29, 1.82) is 0 Å². The molecule has 9 nitrogen and oxygen atoms in total. The lowest BCUT2D eigenvalue weighted by Crippen LogP contribution is -2.36. The molecule has 2 fully saturated rings. The molecular formula is C29H38F7N5O4. The lowest BCUT2D eigenvalue weighted by Gasteiger charge is -2.20. The summed E-state index contributed by atoms with van der Waals surface area (Å²) in [6.45, 7) is 4.89. The predicted octanol–water partition coefficient (Wildman–Crippen LogP) is 6.16. The van der Waals surface area contributed by atoms with Gasteiger partial charge in [0.05, 0.1) is 18.2 Å². The highest BCUT2D eigenvalue weighted by Gasteiger charge is 2.35. The zero-order chi connectivity index (χ0) is 33.9. The van der Waals surface area contributed by atoms with Crippen LogP contribution in [0.4, 0.5) is 36.4 Å². The number of carbonyl (C=O) groups excluding carboxylic acids is 3. The molecule has 0 bridgehead atoms. The van der Waals surface area contributed by atoms with E-state index in [0.717, 1.165) is 6.92 Å². The van der Waals surface area contributed by atoms with Gasteiger partial charge in [-0.15, -0.1) is 13.2 Å². The fourth-order valence-corrected chi connectivity index (χ4v) is 4.13. The van der Waals surface area contributed by atoms with Gasteiger partial charge in [0.1, 0.15) is 18.1 Å². The van der Waals surface area contributed by atoms with E-state index < -0.39 is 66.2 Å². The van der Waals surface area contributed by atoms with E-state index in [2.05, 4.69) is 30.6 Å². The molecule has 1 aromatic carbocycles. The topological polar surface area (TPSA) is 114 Å². The summed E-state index contributed by atoms with van der Waals surface area (Å²) in [7, 11) is 0. The van der Waals surface area contributed by atoms with Crippen LogP contribution >= 0.6 is 0 Å². The molecule has 1 atom stereocenters. The summed E-state index contributed by atoms with van der Waals surface area (Å²) in [6, 6.07) is 3.34. The third kappa shape index (κ3) is 14.7. The third-order valence-corrected chi connectivity index (χ3v) is 6.69. The van der Waals surface area contributed by atoms with Gasteiger partial charge in [0.25, 0.3) is 0 Å². The molecule has 45 heavy (non-hydrogen) atoms. The summed E-state index contributed by atoms with van der Waals surface area (Å²) in [6.07, 6.45) is -0.279. The van der Waals surface area contributed by atoms with Gasteiger partial charge < -0.3 is 20.7 Å². The van der Waals surface area contributed by atoms with Gasteiger partial charge in [-0.1, -0.05) is 25.7 Å². The Kier molecular flexibility index (Phi) is 13.7. The van der Waals surface area contributed by atoms with Crippen molar-refractivity contribution in [1.82, 2.24) is 20.4 Å². The number of nitrogens with one attached hydrogen (secondary N) is 3. The smallest absolute Gasteiger partial charge is 0.405 e. The summed E-state index contributed by atoms with van der Waals surface area (Å²) in [5.41, 5.74) is -0.248. The van der Waals surface area contributed by atoms with Crippen molar-refractivity contribution >= 4 is 23.9 Å². The second-order valence-electron chi connectivity index (χ2n) is 11.2. The van der Waals surface area contributed by atoms with Crippen LogP contribution in [0, 0.1) is 24.6 Å². The van der Waals surface area contributed by atoms with Crippen LogP contribution in [0.25, 0.3) is 0 Å². The Bertz CT molecular complexity index is 1260. The quantitative estimate of drug-likeness (QED) is 0.199. The number of aromatic nitrogens is 2. The van der Waals surface area contributed by atoms with Gasteiger partial charge >= 0.3 is 12.5 Å². The van der Waals surface area contributed by atoms with E-state index in [4.69, 9.17) is 0 Å². The molecule has 0 radical (unpaired) electrons. The van der Waals surface area contributed by atoms with Crippen molar-refractivity contribution in [3.63, 3.8) is 0 Å². The Hall–Kier alpha value is -3.85. The fraction of sp³-hybridized carbons (Fsp3) is 0.586. The number of halogens is 7. The van der Waals surface area contributed by atoms with Gasteiger partial charge in [-0.05, 0) is 58.1 Å². The standard InChI is InChI=1S/C15H14F7N3O4.C7H12N2.C7H12/c1-7(13(28)24-5-14(17,18)19)8-2-9(16)10(25-12(27)4-23-6-26)3-11(8)29-15(20,21)22;1-6(2)9-7(3)4-5-8-9;1-2-6(1)5-7-3-4-7/h2-3,6-7H,4-5H2,1H3,(H,23,26)(H,24,28)(H,25,27);4-6H,1-3H3;6-7H,1-5H2. The minimum absolute atomic E-state index is 0.151. The molecule has 16 heteroatoms. The monoisotopic (exact) mass is 653 g/mol. The van der Waals surface area contributed by atoms with Crippen molar-refractivity contribution in [2.24, 2.45) is 11.8 Å². The normalized spacial score (nSPS) is 15.1.